The second-order valence-corrected chi connectivity index (χ2v) is 9.57. The molecule has 1 aliphatic rings. The highest BCUT2D eigenvalue weighted by Crippen LogP contribution is 2.32. The molecule has 0 aliphatic carbocycles. The highest BCUT2D eigenvalue weighted by Gasteiger charge is 2.33. The van der Waals surface area contributed by atoms with Gasteiger partial charge in [-0.25, -0.2) is 9.59 Å². The lowest BCUT2D eigenvalue weighted by Gasteiger charge is -2.30. The Morgan fingerprint density at radius 3 is 2.09 bits per heavy atom. The van der Waals surface area contributed by atoms with Gasteiger partial charge in [0, 0.05) is 5.70 Å². The molecule has 3 rings (SSSR count). The summed E-state index contributed by atoms with van der Waals surface area (Å²) < 4.78 is 11.5. The van der Waals surface area contributed by atoms with Crippen LogP contribution < -0.4 is 15.4 Å². The number of urea groups is 1. The number of hydrogen-bond donors (Lipinski definition) is 2. The van der Waals surface area contributed by atoms with Gasteiger partial charge in [0.25, 0.3) is 0 Å². The maximum atomic E-state index is 12.9. The van der Waals surface area contributed by atoms with Crippen molar-refractivity contribution in [2.24, 2.45) is 0 Å². The number of carbonyl (C=O) groups is 2. The van der Waals surface area contributed by atoms with E-state index in [0.29, 0.717) is 23.4 Å². The number of esters is 1. The maximum Gasteiger partial charge on any atom is 0.338 e. The van der Waals surface area contributed by atoms with E-state index >= 15 is 0 Å². The van der Waals surface area contributed by atoms with Gasteiger partial charge in [-0.2, -0.15) is 0 Å². The van der Waals surface area contributed by atoms with Gasteiger partial charge in [-0.15, -0.1) is 0 Å². The maximum absolute atomic E-state index is 12.9. The third-order valence-electron chi connectivity index (χ3n) is 5.39. The van der Waals surface area contributed by atoms with E-state index in [2.05, 4.69) is 43.5 Å². The Morgan fingerprint density at radius 1 is 1.00 bits per heavy atom. The Labute approximate surface area is 196 Å². The Morgan fingerprint density at radius 2 is 1.58 bits per heavy atom. The van der Waals surface area contributed by atoms with Crippen molar-refractivity contribution in [3.63, 3.8) is 0 Å². The molecule has 1 unspecified atom stereocenters. The van der Waals surface area contributed by atoms with Crippen LogP contribution in [0.4, 0.5) is 4.79 Å². The average Bonchev–Trinajstić information content (AvgIpc) is 2.73. The fraction of sp³-hybridized carbons (Fsp3) is 0.407. The van der Waals surface area contributed by atoms with E-state index in [9.17, 15) is 9.59 Å². The van der Waals surface area contributed by atoms with Crippen LogP contribution in [0, 0.1) is 0 Å². The largest absolute Gasteiger partial charge is 0.459 e. The van der Waals surface area contributed by atoms with Crippen molar-refractivity contribution in [2.75, 3.05) is 0 Å². The monoisotopic (exact) mass is 450 g/mol. The van der Waals surface area contributed by atoms with Gasteiger partial charge in [0.15, 0.2) is 0 Å². The first-order valence-electron chi connectivity index (χ1n) is 11.5. The minimum Gasteiger partial charge on any atom is -0.459 e. The molecule has 33 heavy (non-hydrogen) atoms. The summed E-state index contributed by atoms with van der Waals surface area (Å²) in [5.74, 6) is 0.994. The van der Waals surface area contributed by atoms with E-state index in [0.717, 1.165) is 17.7 Å². The van der Waals surface area contributed by atoms with Gasteiger partial charge in [-0.1, -0.05) is 58.4 Å². The number of ether oxygens (including phenoxy) is 2. The van der Waals surface area contributed by atoms with E-state index in [1.807, 2.05) is 57.2 Å². The number of amides is 2. The van der Waals surface area contributed by atoms with Crippen molar-refractivity contribution in [3.05, 3.63) is 70.9 Å². The number of benzene rings is 2. The summed E-state index contributed by atoms with van der Waals surface area (Å²) >= 11 is 0. The van der Waals surface area contributed by atoms with Gasteiger partial charge in [0.2, 0.25) is 0 Å². The van der Waals surface area contributed by atoms with Gasteiger partial charge in [0.1, 0.15) is 11.5 Å². The summed E-state index contributed by atoms with van der Waals surface area (Å²) in [6.07, 6.45) is 1.12. The van der Waals surface area contributed by atoms with Crippen LogP contribution in [0.25, 0.3) is 0 Å². The molecular formula is C27H34N2O4. The molecule has 0 radical (unpaired) electrons. The predicted molar refractivity (Wildman–Crippen MR) is 129 cm³/mol. The molecule has 2 aromatic rings. The molecule has 2 aromatic carbocycles. The van der Waals surface area contributed by atoms with Crippen LogP contribution in [0.1, 0.15) is 71.6 Å². The smallest absolute Gasteiger partial charge is 0.338 e. The number of hydrogen-bond acceptors (Lipinski definition) is 4. The first kappa shape index (κ1) is 24.4. The minimum absolute atomic E-state index is 0.0814. The molecule has 176 valence electrons. The molecular weight excluding hydrogens is 416 g/mol. The molecule has 0 bridgehead atoms. The third-order valence-corrected chi connectivity index (χ3v) is 5.39. The van der Waals surface area contributed by atoms with Gasteiger partial charge >= 0.3 is 12.0 Å². The SMILES string of the molecule is CCCC1=C(C(=O)OC(C)C)C(c2ccc(Oc3ccc(C(C)(C)C)cc3)cc2)NC(=O)N1. The predicted octanol–water partition coefficient (Wildman–Crippen LogP) is 6.14. The lowest BCUT2D eigenvalue weighted by molar-refractivity contribution is -0.143. The highest BCUT2D eigenvalue weighted by molar-refractivity contribution is 5.95. The fourth-order valence-electron chi connectivity index (χ4n) is 3.72. The quantitative estimate of drug-likeness (QED) is 0.497. The van der Waals surface area contributed by atoms with Crippen LogP contribution in [0.15, 0.2) is 59.8 Å². The summed E-state index contributed by atoms with van der Waals surface area (Å²) in [6.45, 7) is 12.1. The van der Waals surface area contributed by atoms with Gasteiger partial charge < -0.3 is 20.1 Å². The van der Waals surface area contributed by atoms with Crippen LogP contribution in [0.3, 0.4) is 0 Å². The molecule has 2 N–H and O–H groups in total. The average molecular weight is 451 g/mol. The Balaban J connectivity index is 1.84. The molecule has 0 saturated carbocycles. The molecule has 1 heterocycles. The number of rotatable bonds is 7. The molecule has 2 amide bonds. The second kappa shape index (κ2) is 10.1. The zero-order valence-electron chi connectivity index (χ0n) is 20.3. The number of carbonyl (C=O) groups excluding carboxylic acids is 2. The van der Waals surface area contributed by atoms with Gasteiger partial charge in [-0.05, 0) is 61.1 Å². The molecule has 6 heteroatoms. The van der Waals surface area contributed by atoms with E-state index in [1.165, 1.54) is 5.56 Å². The Hall–Kier alpha value is -3.28. The van der Waals surface area contributed by atoms with Crippen molar-refractivity contribution in [1.82, 2.24) is 10.6 Å². The van der Waals surface area contributed by atoms with Crippen LogP contribution in [-0.2, 0) is 14.9 Å². The van der Waals surface area contributed by atoms with Gasteiger partial charge in [0.05, 0.1) is 17.7 Å². The molecule has 0 fully saturated rings. The van der Waals surface area contributed by atoms with Crippen molar-refractivity contribution in [2.45, 2.75) is 71.9 Å². The zero-order valence-corrected chi connectivity index (χ0v) is 20.3. The van der Waals surface area contributed by atoms with E-state index in [4.69, 9.17) is 9.47 Å². The van der Waals surface area contributed by atoms with Crippen LogP contribution in [0.2, 0.25) is 0 Å². The topological polar surface area (TPSA) is 76.7 Å². The molecule has 6 nitrogen and oxygen atoms in total. The van der Waals surface area contributed by atoms with Crippen LogP contribution >= 0.6 is 0 Å². The fourth-order valence-corrected chi connectivity index (χ4v) is 3.72. The highest BCUT2D eigenvalue weighted by atomic mass is 16.5. The Bertz CT molecular complexity index is 1020. The summed E-state index contributed by atoms with van der Waals surface area (Å²) in [5.41, 5.74) is 3.15. The van der Waals surface area contributed by atoms with Crippen molar-refractivity contribution in [3.8, 4) is 11.5 Å². The standard InChI is InChI=1S/C27H34N2O4/c1-7-8-22-23(25(30)32-17(2)3)24(29-26(31)28-22)18-9-13-20(14-10-18)33-21-15-11-19(12-16-21)27(4,5)6/h9-17,24H,7-8H2,1-6H3,(H2,28,29,31). The van der Waals surface area contributed by atoms with E-state index in [-0.39, 0.29) is 17.6 Å². The van der Waals surface area contributed by atoms with Crippen LogP contribution in [-0.4, -0.2) is 18.1 Å². The summed E-state index contributed by atoms with van der Waals surface area (Å²) in [4.78, 5) is 25.2. The normalized spacial score (nSPS) is 16.3. The molecule has 0 saturated heterocycles. The third kappa shape index (κ3) is 6.15. The summed E-state index contributed by atoms with van der Waals surface area (Å²) in [7, 11) is 0. The first-order valence-corrected chi connectivity index (χ1v) is 11.5. The van der Waals surface area contributed by atoms with Crippen molar-refractivity contribution >= 4 is 12.0 Å². The second-order valence-electron chi connectivity index (χ2n) is 9.57. The van der Waals surface area contributed by atoms with Crippen LogP contribution in [0.5, 0.6) is 11.5 Å². The molecule has 1 atom stereocenters. The first-order chi connectivity index (χ1) is 15.6. The zero-order chi connectivity index (χ0) is 24.2. The summed E-state index contributed by atoms with van der Waals surface area (Å²) in [6, 6.07) is 14.5. The van der Waals surface area contributed by atoms with E-state index in [1.54, 1.807) is 0 Å². The van der Waals surface area contributed by atoms with Crippen molar-refractivity contribution in [1.29, 1.82) is 0 Å². The minimum atomic E-state index is -0.591. The summed E-state index contributed by atoms with van der Waals surface area (Å²) in [5, 5.41) is 5.65. The lowest BCUT2D eigenvalue weighted by Crippen LogP contribution is -2.46. The molecule has 0 spiro atoms. The van der Waals surface area contributed by atoms with E-state index < -0.39 is 12.0 Å². The lowest BCUT2D eigenvalue weighted by atomic mass is 9.87. The van der Waals surface area contributed by atoms with Crippen molar-refractivity contribution < 1.29 is 19.1 Å². The van der Waals surface area contributed by atoms with Gasteiger partial charge in [-0.3, -0.25) is 0 Å². The molecule has 1 aliphatic heterocycles. The Kier molecular flexibility index (Phi) is 7.46. The number of nitrogens with one attached hydrogen (secondary N) is 2. The molecule has 0 aromatic heterocycles. The number of allylic oxidation sites excluding steroid dienone is 1.